The van der Waals surface area contributed by atoms with E-state index in [1.54, 1.807) is 16.7 Å². The van der Waals surface area contributed by atoms with Gasteiger partial charge in [0.2, 0.25) is 0 Å². The molecular formula is C27H33N5O. The molecule has 0 atom stereocenters. The second-order valence-electron chi connectivity index (χ2n) is 8.59. The first-order chi connectivity index (χ1) is 16.2. The van der Waals surface area contributed by atoms with E-state index in [0.717, 1.165) is 44.0 Å². The Morgan fingerprint density at radius 2 is 1.55 bits per heavy atom. The van der Waals surface area contributed by atoms with Crippen LogP contribution in [-0.2, 0) is 19.6 Å². The number of hydrogen-bond donors (Lipinski definition) is 2. The van der Waals surface area contributed by atoms with Crippen molar-refractivity contribution >= 4 is 5.96 Å². The van der Waals surface area contributed by atoms with E-state index in [1.807, 2.05) is 19.3 Å². The smallest absolute Gasteiger partial charge is 0.250 e. The maximum absolute atomic E-state index is 11.9. The van der Waals surface area contributed by atoms with Crippen molar-refractivity contribution in [3.05, 3.63) is 106 Å². The highest BCUT2D eigenvalue weighted by Gasteiger charge is 2.20. The predicted octanol–water partition coefficient (Wildman–Crippen LogP) is 3.23. The van der Waals surface area contributed by atoms with E-state index in [4.69, 9.17) is 0 Å². The van der Waals surface area contributed by atoms with Gasteiger partial charge in [-0.3, -0.25) is 14.7 Å². The number of nitrogens with zero attached hydrogens (tertiary/aromatic N) is 3. The molecular weight excluding hydrogens is 410 g/mol. The van der Waals surface area contributed by atoms with E-state index < -0.39 is 0 Å². The van der Waals surface area contributed by atoms with Crippen molar-refractivity contribution in [2.24, 2.45) is 4.99 Å². The molecule has 0 unspecified atom stereocenters. The number of pyridine rings is 1. The van der Waals surface area contributed by atoms with Crippen molar-refractivity contribution in [2.75, 3.05) is 20.1 Å². The van der Waals surface area contributed by atoms with E-state index in [2.05, 4.69) is 75.1 Å². The number of aromatic nitrogens is 1. The third kappa shape index (κ3) is 6.80. The van der Waals surface area contributed by atoms with Crippen LogP contribution in [0.15, 0.2) is 88.8 Å². The number of rotatable bonds is 7. The van der Waals surface area contributed by atoms with Gasteiger partial charge in [-0.25, -0.2) is 0 Å². The van der Waals surface area contributed by atoms with Crippen molar-refractivity contribution < 1.29 is 0 Å². The van der Waals surface area contributed by atoms with Crippen LogP contribution in [0.4, 0.5) is 0 Å². The Bertz CT molecular complexity index is 1080. The summed E-state index contributed by atoms with van der Waals surface area (Å²) < 4.78 is 1.71. The molecule has 1 saturated heterocycles. The van der Waals surface area contributed by atoms with E-state index in [9.17, 15) is 4.79 Å². The summed E-state index contributed by atoms with van der Waals surface area (Å²) in [6, 6.07) is 24.7. The van der Waals surface area contributed by atoms with Crippen molar-refractivity contribution in [2.45, 2.75) is 38.5 Å². The molecule has 3 aromatic rings. The first-order valence-corrected chi connectivity index (χ1v) is 11.7. The van der Waals surface area contributed by atoms with Crippen LogP contribution in [0.5, 0.6) is 0 Å². The van der Waals surface area contributed by atoms with E-state index >= 15 is 0 Å². The largest absolute Gasteiger partial charge is 0.354 e. The van der Waals surface area contributed by atoms with E-state index in [1.165, 1.54) is 11.1 Å². The fourth-order valence-corrected chi connectivity index (χ4v) is 4.20. The molecule has 2 aromatic carbocycles. The summed E-state index contributed by atoms with van der Waals surface area (Å²) in [5, 5.41) is 7.02. The summed E-state index contributed by atoms with van der Waals surface area (Å²) in [5.74, 6) is 0.844. The SMILES string of the molecule is CN=C(NCc1ccc(Cn2ccccc2=O)cc1)NC1CCN(Cc2ccccc2)CC1. The molecule has 1 aliphatic rings. The third-order valence-electron chi connectivity index (χ3n) is 6.14. The van der Waals surface area contributed by atoms with Crippen LogP contribution in [0.2, 0.25) is 0 Å². The molecule has 33 heavy (non-hydrogen) atoms. The monoisotopic (exact) mass is 443 g/mol. The average Bonchev–Trinajstić information content (AvgIpc) is 2.86. The summed E-state index contributed by atoms with van der Waals surface area (Å²) in [4.78, 5) is 18.8. The molecule has 0 radical (unpaired) electrons. The highest BCUT2D eigenvalue weighted by Crippen LogP contribution is 2.14. The number of piperidine rings is 1. The Kier molecular flexibility index (Phi) is 7.93. The van der Waals surface area contributed by atoms with Crippen molar-refractivity contribution in [1.82, 2.24) is 20.1 Å². The van der Waals surface area contributed by atoms with Gasteiger partial charge in [0, 0.05) is 51.5 Å². The highest BCUT2D eigenvalue weighted by molar-refractivity contribution is 5.79. The Labute approximate surface area is 196 Å². The van der Waals surface area contributed by atoms with E-state index in [-0.39, 0.29) is 5.56 Å². The molecule has 0 saturated carbocycles. The topological polar surface area (TPSA) is 61.7 Å². The van der Waals surface area contributed by atoms with Crippen LogP contribution < -0.4 is 16.2 Å². The maximum Gasteiger partial charge on any atom is 0.250 e. The fraction of sp³-hybridized carbons (Fsp3) is 0.333. The van der Waals surface area contributed by atoms with Gasteiger partial charge in [0.1, 0.15) is 0 Å². The lowest BCUT2D eigenvalue weighted by Crippen LogP contribution is -2.48. The van der Waals surface area contributed by atoms with Gasteiger partial charge in [-0.2, -0.15) is 0 Å². The average molecular weight is 444 g/mol. The van der Waals surface area contributed by atoms with Crippen molar-refractivity contribution in [3.8, 4) is 0 Å². The van der Waals surface area contributed by atoms with Gasteiger partial charge in [-0.05, 0) is 35.6 Å². The molecule has 2 heterocycles. The Hall–Kier alpha value is -3.38. The minimum atomic E-state index is 0.0176. The Morgan fingerprint density at radius 3 is 2.24 bits per heavy atom. The Morgan fingerprint density at radius 1 is 0.879 bits per heavy atom. The van der Waals surface area contributed by atoms with Gasteiger partial charge in [0.25, 0.3) is 5.56 Å². The van der Waals surface area contributed by atoms with Crippen LogP contribution in [0.1, 0.15) is 29.5 Å². The molecule has 1 aliphatic heterocycles. The number of benzene rings is 2. The highest BCUT2D eigenvalue weighted by atomic mass is 16.1. The normalized spacial score (nSPS) is 15.4. The molecule has 0 bridgehead atoms. The maximum atomic E-state index is 11.9. The zero-order valence-corrected chi connectivity index (χ0v) is 19.3. The second-order valence-corrected chi connectivity index (χ2v) is 8.59. The number of hydrogen-bond acceptors (Lipinski definition) is 3. The molecule has 2 N–H and O–H groups in total. The Balaban J connectivity index is 1.21. The molecule has 172 valence electrons. The number of guanidine groups is 1. The first kappa shape index (κ1) is 22.8. The molecule has 4 rings (SSSR count). The minimum Gasteiger partial charge on any atom is -0.354 e. The summed E-state index contributed by atoms with van der Waals surface area (Å²) in [6.07, 6.45) is 4.04. The van der Waals surface area contributed by atoms with Crippen LogP contribution in [0, 0.1) is 0 Å². The number of aliphatic imine (C=N–C) groups is 1. The van der Waals surface area contributed by atoms with Gasteiger partial charge in [-0.15, -0.1) is 0 Å². The van der Waals surface area contributed by atoms with Gasteiger partial charge in [0.05, 0.1) is 6.54 Å². The summed E-state index contributed by atoms with van der Waals surface area (Å²) >= 11 is 0. The number of nitrogens with one attached hydrogen (secondary N) is 2. The summed E-state index contributed by atoms with van der Waals surface area (Å²) in [7, 11) is 1.82. The van der Waals surface area contributed by atoms with Gasteiger partial charge in [0.15, 0.2) is 5.96 Å². The second kappa shape index (κ2) is 11.5. The zero-order valence-electron chi connectivity index (χ0n) is 19.3. The van der Waals surface area contributed by atoms with Crippen LogP contribution in [0.25, 0.3) is 0 Å². The molecule has 0 spiro atoms. The molecule has 1 fully saturated rings. The summed E-state index contributed by atoms with van der Waals surface area (Å²) in [5.41, 5.74) is 3.68. The molecule has 6 nitrogen and oxygen atoms in total. The summed E-state index contributed by atoms with van der Waals surface area (Å²) in [6.45, 7) is 4.50. The molecule has 1 aromatic heterocycles. The number of likely N-dealkylation sites (tertiary alicyclic amines) is 1. The predicted molar refractivity (Wildman–Crippen MR) is 134 cm³/mol. The molecule has 0 aliphatic carbocycles. The lowest BCUT2D eigenvalue weighted by Gasteiger charge is -2.33. The lowest BCUT2D eigenvalue weighted by atomic mass is 10.0. The van der Waals surface area contributed by atoms with Crippen LogP contribution in [0.3, 0.4) is 0 Å². The molecule has 6 heteroatoms. The quantitative estimate of drug-likeness (QED) is 0.435. The van der Waals surface area contributed by atoms with E-state index in [0.29, 0.717) is 19.1 Å². The van der Waals surface area contributed by atoms with Crippen LogP contribution in [-0.4, -0.2) is 41.6 Å². The fourth-order valence-electron chi connectivity index (χ4n) is 4.20. The van der Waals surface area contributed by atoms with Crippen molar-refractivity contribution in [3.63, 3.8) is 0 Å². The van der Waals surface area contributed by atoms with Crippen molar-refractivity contribution in [1.29, 1.82) is 0 Å². The third-order valence-corrected chi connectivity index (χ3v) is 6.14. The first-order valence-electron chi connectivity index (χ1n) is 11.7. The minimum absolute atomic E-state index is 0.0176. The van der Waals surface area contributed by atoms with Crippen LogP contribution >= 0.6 is 0 Å². The van der Waals surface area contributed by atoms with Gasteiger partial charge < -0.3 is 15.2 Å². The molecule has 0 amide bonds. The van der Waals surface area contributed by atoms with Gasteiger partial charge >= 0.3 is 0 Å². The lowest BCUT2D eigenvalue weighted by molar-refractivity contribution is 0.198. The standard InChI is InChI=1S/C27H33N5O/c1-28-27(30-25-14-17-31(18-15-25)20-23-7-3-2-4-8-23)29-19-22-10-12-24(13-11-22)21-32-16-6-5-9-26(32)33/h2-13,16,25H,14-15,17-21H2,1H3,(H2,28,29,30). The zero-order chi connectivity index (χ0) is 22.9. The van der Waals surface area contributed by atoms with Gasteiger partial charge in [-0.1, -0.05) is 60.7 Å².